The molecule has 0 saturated heterocycles. The normalized spacial score (nSPS) is 14.5. The van der Waals surface area contributed by atoms with Gasteiger partial charge >= 0.3 is 37.4 Å². The first-order valence-electron chi connectivity index (χ1n) is 11.0. The smallest absolute Gasteiger partial charge is 0.746 e. The molecule has 0 spiro atoms. The fraction of sp³-hybridized carbons (Fsp3) is 0.905. The Bertz CT molecular complexity index is 413. The van der Waals surface area contributed by atoms with Crippen LogP contribution in [0, 0.1) is 0 Å². The van der Waals surface area contributed by atoms with Crippen molar-refractivity contribution in [1.82, 2.24) is 0 Å². The van der Waals surface area contributed by atoms with Crippen LogP contribution in [0.15, 0.2) is 12.3 Å². The van der Waals surface area contributed by atoms with Gasteiger partial charge in [-0.1, -0.05) is 90.4 Å². The summed E-state index contributed by atoms with van der Waals surface area (Å²) in [4.78, 5) is 11.4. The van der Waals surface area contributed by atoms with Gasteiger partial charge in [-0.2, -0.15) is 0 Å². The zero-order valence-electron chi connectivity index (χ0n) is 18.7. The maximum absolute atomic E-state index is 11.4. The van der Waals surface area contributed by atoms with Crippen LogP contribution in [0.5, 0.6) is 0 Å². The summed E-state index contributed by atoms with van der Waals surface area (Å²) in [5.41, 5.74) is 0. The molecule has 0 aliphatic rings. The van der Waals surface area contributed by atoms with Crippen LogP contribution >= 0.6 is 19.4 Å². The largest absolute Gasteiger partial charge is 1.00 e. The van der Waals surface area contributed by atoms with Crippen molar-refractivity contribution < 1.29 is 53.2 Å². The molecule has 0 amide bonds. The number of aliphatic hydroxyl groups is 1. The van der Waals surface area contributed by atoms with Gasteiger partial charge in [-0.05, 0) is 18.9 Å². The second kappa shape index (κ2) is 23.6. The number of allylic oxidation sites excluding steroid dienone is 1. The minimum absolute atomic E-state index is 0. The van der Waals surface area contributed by atoms with E-state index < -0.39 is 20.5 Å². The summed E-state index contributed by atoms with van der Waals surface area (Å²) < 4.78 is 20.5. The molecular formula is C21H41ClNaO5P. The van der Waals surface area contributed by atoms with Gasteiger partial charge in [0, 0.05) is 0 Å². The van der Waals surface area contributed by atoms with Crippen molar-refractivity contribution in [3.63, 3.8) is 0 Å². The number of alkyl halides is 1. The molecule has 0 aliphatic heterocycles. The number of phosphoric acid groups is 1. The van der Waals surface area contributed by atoms with Crippen LogP contribution < -0.4 is 34.5 Å². The van der Waals surface area contributed by atoms with E-state index in [1.165, 1.54) is 77.0 Å². The van der Waals surface area contributed by atoms with Gasteiger partial charge in [-0.15, -0.1) is 11.6 Å². The van der Waals surface area contributed by atoms with Gasteiger partial charge in [0.1, 0.15) is 0 Å². The van der Waals surface area contributed by atoms with E-state index in [-0.39, 0.29) is 35.4 Å². The van der Waals surface area contributed by atoms with Crippen molar-refractivity contribution in [3.05, 3.63) is 12.3 Å². The molecule has 8 heteroatoms. The first-order valence-corrected chi connectivity index (χ1v) is 13.0. The number of hydrogen-bond acceptors (Lipinski definition) is 5. The minimum atomic E-state index is -4.40. The monoisotopic (exact) mass is 462 g/mol. The summed E-state index contributed by atoms with van der Waals surface area (Å²) in [5.74, 6) is -0.0883. The van der Waals surface area contributed by atoms with E-state index in [4.69, 9.17) is 16.7 Å². The Balaban J connectivity index is 0. The molecule has 0 aliphatic carbocycles. The Kier molecular flexibility index (Phi) is 26.1. The molecule has 0 aromatic carbocycles. The van der Waals surface area contributed by atoms with Crippen molar-refractivity contribution in [3.8, 4) is 0 Å². The van der Waals surface area contributed by atoms with E-state index >= 15 is 0 Å². The van der Waals surface area contributed by atoms with E-state index in [0.29, 0.717) is 0 Å². The zero-order valence-corrected chi connectivity index (χ0v) is 22.3. The van der Waals surface area contributed by atoms with Crippen molar-refractivity contribution in [2.45, 2.75) is 109 Å². The molecule has 0 rings (SSSR count). The van der Waals surface area contributed by atoms with Gasteiger partial charge in [-0.25, -0.2) is 0 Å². The number of hydrogen-bond donors (Lipinski definition) is 1. The number of unbranched alkanes of at least 4 members (excludes halogenated alkanes) is 14. The predicted octanol–water partition coefficient (Wildman–Crippen LogP) is 3.48. The molecule has 5 nitrogen and oxygen atoms in total. The van der Waals surface area contributed by atoms with Gasteiger partial charge < -0.3 is 19.0 Å². The molecule has 1 N–H and O–H groups in total. The van der Waals surface area contributed by atoms with Gasteiger partial charge in [0.05, 0.1) is 24.9 Å². The average molecular weight is 463 g/mol. The van der Waals surface area contributed by atoms with Crippen molar-refractivity contribution in [2.75, 3.05) is 12.5 Å². The Morgan fingerprint density at radius 2 is 1.38 bits per heavy atom. The van der Waals surface area contributed by atoms with Crippen LogP contribution in [0.25, 0.3) is 0 Å². The van der Waals surface area contributed by atoms with Crippen LogP contribution in [0.4, 0.5) is 0 Å². The average Bonchev–Trinajstić information content (AvgIpc) is 2.68. The molecule has 2 unspecified atom stereocenters. The molecule has 0 heterocycles. The Labute approximate surface area is 205 Å². The minimum Gasteiger partial charge on any atom is -0.746 e. The Morgan fingerprint density at radius 1 is 0.931 bits per heavy atom. The van der Waals surface area contributed by atoms with E-state index in [0.717, 1.165) is 25.5 Å². The first kappa shape index (κ1) is 32.1. The third-order valence-electron chi connectivity index (χ3n) is 4.61. The molecule has 2 atom stereocenters. The summed E-state index contributed by atoms with van der Waals surface area (Å²) >= 11 is 5.36. The topological polar surface area (TPSA) is 78.8 Å². The van der Waals surface area contributed by atoms with Crippen LogP contribution in [0.3, 0.4) is 0 Å². The molecule has 29 heavy (non-hydrogen) atoms. The zero-order chi connectivity index (χ0) is 20.9. The third-order valence-corrected chi connectivity index (χ3v) is 5.82. The summed E-state index contributed by atoms with van der Waals surface area (Å²) in [6.45, 7) is 1.87. The molecule has 0 fully saturated rings. The van der Waals surface area contributed by atoms with E-state index in [1.54, 1.807) is 6.08 Å². The quantitative estimate of drug-likeness (QED) is 0.0928. The molecule has 168 valence electrons. The first-order chi connectivity index (χ1) is 13.5. The van der Waals surface area contributed by atoms with E-state index in [1.807, 2.05) is 0 Å². The summed E-state index contributed by atoms with van der Waals surface area (Å²) in [7, 11) is -4.40. The second-order valence-corrected chi connectivity index (χ2v) is 9.09. The summed E-state index contributed by atoms with van der Waals surface area (Å²) in [6, 6.07) is 0. The molecule has 0 aromatic heterocycles. The van der Waals surface area contributed by atoms with Crippen molar-refractivity contribution >= 4 is 19.4 Å². The van der Waals surface area contributed by atoms with Crippen LogP contribution in [0.1, 0.15) is 103 Å². The van der Waals surface area contributed by atoms with Gasteiger partial charge in [0.2, 0.25) is 0 Å². The third kappa shape index (κ3) is 25.1. The molecule has 0 aromatic rings. The van der Waals surface area contributed by atoms with Crippen LogP contribution in [0.2, 0.25) is 0 Å². The summed E-state index contributed by atoms with van der Waals surface area (Å²) in [6.07, 6.45) is 21.0. The van der Waals surface area contributed by atoms with Gasteiger partial charge in [-0.3, -0.25) is 4.57 Å². The fourth-order valence-electron chi connectivity index (χ4n) is 2.89. The molecular weight excluding hydrogens is 422 g/mol. The standard InChI is InChI=1S/C21H42ClO5P.Na/c1-2-3-4-5-6-7-8-9-10-11-12-13-14-15-16-17-18-26-28(24,25)27-20-21(23)19-22;/h17-18,21,23H,2-16,19-20H2,1H3,(H,24,25);/q;+1/p-1. The maximum atomic E-state index is 11.4. The summed E-state index contributed by atoms with van der Waals surface area (Å²) in [5, 5.41) is 9.15. The van der Waals surface area contributed by atoms with Crippen molar-refractivity contribution in [2.24, 2.45) is 0 Å². The van der Waals surface area contributed by atoms with E-state index in [9.17, 15) is 9.46 Å². The van der Waals surface area contributed by atoms with Gasteiger partial charge in [0.15, 0.2) is 0 Å². The van der Waals surface area contributed by atoms with Crippen LogP contribution in [-0.4, -0.2) is 23.7 Å². The molecule has 0 saturated carbocycles. The van der Waals surface area contributed by atoms with Gasteiger partial charge in [0.25, 0.3) is 0 Å². The fourth-order valence-corrected chi connectivity index (χ4v) is 3.63. The second-order valence-electron chi connectivity index (χ2n) is 7.41. The Hall–Kier alpha value is 0.940. The number of aliphatic hydroxyl groups excluding tert-OH is 1. The molecule has 0 bridgehead atoms. The van der Waals surface area contributed by atoms with E-state index in [2.05, 4.69) is 16.0 Å². The number of phosphoric ester groups is 1. The predicted molar refractivity (Wildman–Crippen MR) is 115 cm³/mol. The SMILES string of the molecule is CCCCCCCCCCCCCCCCC=COP(=O)([O-])OCC(O)CCl.[Na+]. The number of halogens is 1. The Morgan fingerprint density at radius 3 is 1.83 bits per heavy atom. The molecule has 0 radical (unpaired) electrons. The number of rotatable bonds is 21. The van der Waals surface area contributed by atoms with Crippen molar-refractivity contribution in [1.29, 1.82) is 0 Å². The maximum Gasteiger partial charge on any atom is 1.00 e. The van der Waals surface area contributed by atoms with Crippen LogP contribution in [-0.2, 0) is 13.6 Å².